The van der Waals surface area contributed by atoms with Crippen molar-refractivity contribution in [3.63, 3.8) is 0 Å². The lowest BCUT2D eigenvalue weighted by atomic mass is 9.95. The second-order valence-electron chi connectivity index (χ2n) is 5.08. The zero-order valence-corrected chi connectivity index (χ0v) is 9.78. The van der Waals surface area contributed by atoms with Crippen molar-refractivity contribution in [3.05, 3.63) is 35.4 Å². The van der Waals surface area contributed by atoms with E-state index in [-0.39, 0.29) is 0 Å². The summed E-state index contributed by atoms with van der Waals surface area (Å²) in [6.45, 7) is 3.10. The molecule has 2 fully saturated rings. The van der Waals surface area contributed by atoms with Gasteiger partial charge in [0.05, 0.1) is 12.2 Å². The lowest BCUT2D eigenvalue weighted by Gasteiger charge is -2.20. The van der Waals surface area contributed by atoms with E-state index in [1.807, 2.05) is 0 Å². The molecule has 16 heavy (non-hydrogen) atoms. The molecule has 3 atom stereocenters. The maximum absolute atomic E-state index is 5.83. The first-order valence-electron chi connectivity index (χ1n) is 6.25. The predicted molar refractivity (Wildman–Crippen MR) is 64.3 cm³/mol. The fourth-order valence-corrected chi connectivity index (χ4v) is 2.81. The molecule has 2 heteroatoms. The van der Waals surface area contributed by atoms with Crippen LogP contribution in [-0.4, -0.2) is 18.2 Å². The van der Waals surface area contributed by atoms with Gasteiger partial charge in [-0.15, -0.1) is 0 Å². The van der Waals surface area contributed by atoms with Crippen molar-refractivity contribution in [2.75, 3.05) is 0 Å². The van der Waals surface area contributed by atoms with Crippen LogP contribution in [0, 0.1) is 6.92 Å². The van der Waals surface area contributed by atoms with Crippen molar-refractivity contribution >= 4 is 0 Å². The van der Waals surface area contributed by atoms with Gasteiger partial charge in [0.15, 0.2) is 0 Å². The van der Waals surface area contributed by atoms with Crippen molar-refractivity contribution in [1.29, 1.82) is 0 Å². The Morgan fingerprint density at radius 2 is 2.06 bits per heavy atom. The Morgan fingerprint density at radius 1 is 1.25 bits per heavy atom. The number of aryl methyl sites for hydroxylation is 1. The maximum atomic E-state index is 5.83. The van der Waals surface area contributed by atoms with Crippen molar-refractivity contribution in [2.24, 2.45) is 0 Å². The van der Waals surface area contributed by atoms with Crippen LogP contribution in [0.2, 0.25) is 0 Å². The van der Waals surface area contributed by atoms with Crippen LogP contribution in [0.3, 0.4) is 0 Å². The topological polar surface area (TPSA) is 21.3 Å². The molecule has 2 bridgehead atoms. The molecule has 0 amide bonds. The molecule has 2 saturated heterocycles. The van der Waals surface area contributed by atoms with E-state index >= 15 is 0 Å². The third kappa shape index (κ3) is 2.00. The second-order valence-corrected chi connectivity index (χ2v) is 5.08. The standard InChI is InChI=1S/C14H19NO/c1-10-2-4-11(5-3-10)9-15-13-8-12-6-7-14(13)16-12/h2-5,12-15H,6-9H2,1H3. The van der Waals surface area contributed by atoms with Gasteiger partial charge in [-0.3, -0.25) is 0 Å². The van der Waals surface area contributed by atoms with Crippen LogP contribution >= 0.6 is 0 Å². The maximum Gasteiger partial charge on any atom is 0.0733 e. The number of fused-ring (bicyclic) bond motifs is 2. The van der Waals surface area contributed by atoms with Gasteiger partial charge in [0.1, 0.15) is 0 Å². The highest BCUT2D eigenvalue weighted by Gasteiger charge is 2.40. The van der Waals surface area contributed by atoms with Crippen LogP contribution in [0.5, 0.6) is 0 Å². The van der Waals surface area contributed by atoms with E-state index in [9.17, 15) is 0 Å². The molecular weight excluding hydrogens is 198 g/mol. The smallest absolute Gasteiger partial charge is 0.0733 e. The summed E-state index contributed by atoms with van der Waals surface area (Å²) in [4.78, 5) is 0. The molecule has 3 rings (SSSR count). The molecule has 0 spiro atoms. The predicted octanol–water partition coefficient (Wildman–Crippen LogP) is 2.40. The van der Waals surface area contributed by atoms with Gasteiger partial charge in [-0.25, -0.2) is 0 Å². The lowest BCUT2D eigenvalue weighted by molar-refractivity contribution is 0.0973. The van der Waals surface area contributed by atoms with Gasteiger partial charge in [0, 0.05) is 12.6 Å². The van der Waals surface area contributed by atoms with Gasteiger partial charge in [0.2, 0.25) is 0 Å². The molecule has 1 aromatic rings. The Balaban J connectivity index is 1.55. The largest absolute Gasteiger partial charge is 0.373 e. The van der Waals surface area contributed by atoms with Crippen LogP contribution < -0.4 is 5.32 Å². The monoisotopic (exact) mass is 217 g/mol. The molecule has 0 aromatic heterocycles. The Bertz CT molecular complexity index is 360. The number of benzene rings is 1. The van der Waals surface area contributed by atoms with E-state index < -0.39 is 0 Å². The third-order valence-electron chi connectivity index (χ3n) is 3.79. The van der Waals surface area contributed by atoms with Crippen LogP contribution in [0.1, 0.15) is 30.4 Å². The van der Waals surface area contributed by atoms with E-state index in [0.29, 0.717) is 18.2 Å². The van der Waals surface area contributed by atoms with Crippen molar-refractivity contribution in [2.45, 2.75) is 51.0 Å². The van der Waals surface area contributed by atoms with E-state index in [2.05, 4.69) is 36.5 Å². The first-order valence-corrected chi connectivity index (χ1v) is 6.25. The van der Waals surface area contributed by atoms with Crippen LogP contribution in [0.4, 0.5) is 0 Å². The molecule has 0 aliphatic carbocycles. The van der Waals surface area contributed by atoms with E-state index in [0.717, 1.165) is 6.54 Å². The van der Waals surface area contributed by atoms with Crippen LogP contribution in [0.15, 0.2) is 24.3 Å². The van der Waals surface area contributed by atoms with Gasteiger partial charge in [0.25, 0.3) is 0 Å². The highest BCUT2D eigenvalue weighted by Crippen LogP contribution is 2.34. The molecule has 1 aromatic carbocycles. The summed E-state index contributed by atoms with van der Waals surface area (Å²) in [5, 5.41) is 3.62. The number of nitrogens with one attached hydrogen (secondary N) is 1. The molecule has 1 N–H and O–H groups in total. The molecule has 2 nitrogen and oxygen atoms in total. The average Bonchev–Trinajstić information content (AvgIpc) is 2.90. The summed E-state index contributed by atoms with van der Waals surface area (Å²) in [6, 6.07) is 9.34. The normalized spacial score (nSPS) is 32.2. The molecule has 2 aliphatic heterocycles. The molecule has 86 valence electrons. The highest BCUT2D eigenvalue weighted by atomic mass is 16.5. The summed E-state index contributed by atoms with van der Waals surface area (Å²) in [7, 11) is 0. The zero-order valence-electron chi connectivity index (χ0n) is 9.78. The Hall–Kier alpha value is -0.860. The fourth-order valence-electron chi connectivity index (χ4n) is 2.81. The number of ether oxygens (including phenoxy) is 1. The molecule has 2 aliphatic rings. The zero-order chi connectivity index (χ0) is 11.0. The third-order valence-corrected chi connectivity index (χ3v) is 3.79. The Labute approximate surface area is 97.0 Å². The first-order chi connectivity index (χ1) is 7.81. The van der Waals surface area contributed by atoms with Crippen molar-refractivity contribution < 1.29 is 4.74 Å². The summed E-state index contributed by atoms with van der Waals surface area (Å²) in [6.07, 6.45) is 4.75. The SMILES string of the molecule is Cc1ccc(CNC2CC3CCC2O3)cc1. The van der Waals surface area contributed by atoms with E-state index in [1.54, 1.807) is 0 Å². The Kier molecular flexibility index (Phi) is 2.70. The summed E-state index contributed by atoms with van der Waals surface area (Å²) in [5.74, 6) is 0. The van der Waals surface area contributed by atoms with Crippen molar-refractivity contribution in [1.82, 2.24) is 5.32 Å². The van der Waals surface area contributed by atoms with Gasteiger partial charge in [-0.2, -0.15) is 0 Å². The number of hydrogen-bond donors (Lipinski definition) is 1. The molecule has 2 heterocycles. The lowest BCUT2D eigenvalue weighted by Crippen LogP contribution is -2.36. The number of hydrogen-bond acceptors (Lipinski definition) is 2. The molecule has 0 radical (unpaired) electrons. The van der Waals surface area contributed by atoms with Gasteiger partial charge >= 0.3 is 0 Å². The summed E-state index contributed by atoms with van der Waals surface area (Å²) >= 11 is 0. The van der Waals surface area contributed by atoms with Gasteiger partial charge < -0.3 is 10.1 Å². The van der Waals surface area contributed by atoms with Gasteiger partial charge in [-0.1, -0.05) is 29.8 Å². The Morgan fingerprint density at radius 3 is 2.69 bits per heavy atom. The van der Waals surface area contributed by atoms with E-state index in [1.165, 1.54) is 30.4 Å². The van der Waals surface area contributed by atoms with Crippen LogP contribution in [0.25, 0.3) is 0 Å². The van der Waals surface area contributed by atoms with E-state index in [4.69, 9.17) is 4.74 Å². The minimum atomic E-state index is 0.482. The van der Waals surface area contributed by atoms with Crippen molar-refractivity contribution in [3.8, 4) is 0 Å². The minimum Gasteiger partial charge on any atom is -0.373 e. The first kappa shape index (κ1) is 10.3. The molecule has 3 unspecified atom stereocenters. The van der Waals surface area contributed by atoms with Crippen LogP contribution in [-0.2, 0) is 11.3 Å². The molecule has 0 saturated carbocycles. The number of rotatable bonds is 3. The highest BCUT2D eigenvalue weighted by molar-refractivity contribution is 5.21. The fraction of sp³-hybridized carbons (Fsp3) is 0.571. The minimum absolute atomic E-state index is 0.482. The second kappa shape index (κ2) is 4.19. The quantitative estimate of drug-likeness (QED) is 0.839. The average molecular weight is 217 g/mol. The summed E-state index contributed by atoms with van der Waals surface area (Å²) in [5.41, 5.74) is 2.69. The van der Waals surface area contributed by atoms with Gasteiger partial charge in [-0.05, 0) is 31.7 Å². The summed E-state index contributed by atoms with van der Waals surface area (Å²) < 4.78 is 5.83. The molecular formula is C14H19NO.